The first-order chi connectivity index (χ1) is 13.1. The third-order valence-electron chi connectivity index (χ3n) is 4.02. The van der Waals surface area contributed by atoms with E-state index in [1.807, 2.05) is 72.8 Å². The standard InChI is InChI=1S/C20H14BrN3O2S/c21-14-11-9-13(10-12-14)19(22)23-26-20(25)24-15-5-1-3-7-17(15)27-18-8-4-2-6-16(18)24/h1-12H,(H2,22,23)/p+1. The van der Waals surface area contributed by atoms with Crippen molar-refractivity contribution >= 4 is 51.0 Å². The van der Waals surface area contributed by atoms with Crippen LogP contribution in [-0.4, -0.2) is 11.9 Å². The van der Waals surface area contributed by atoms with Crippen LogP contribution in [0.15, 0.2) is 87.1 Å². The lowest BCUT2D eigenvalue weighted by atomic mass is 10.2. The molecule has 1 heterocycles. The summed E-state index contributed by atoms with van der Waals surface area (Å²) < 4.78 is 0.940. The van der Waals surface area contributed by atoms with Crippen molar-refractivity contribution in [3.63, 3.8) is 0 Å². The largest absolute Gasteiger partial charge is 0.463 e. The number of anilines is 2. The lowest BCUT2D eigenvalue weighted by Gasteiger charge is -2.28. The van der Waals surface area contributed by atoms with Crippen LogP contribution in [0.3, 0.4) is 0 Å². The van der Waals surface area contributed by atoms with Crippen molar-refractivity contribution in [1.82, 2.24) is 0 Å². The molecule has 0 aliphatic carbocycles. The number of fused-ring (bicyclic) bond motifs is 2. The molecule has 134 valence electrons. The van der Waals surface area contributed by atoms with Gasteiger partial charge in [0.25, 0.3) is 0 Å². The Hall–Kier alpha value is -2.77. The molecule has 0 fully saturated rings. The summed E-state index contributed by atoms with van der Waals surface area (Å²) in [7, 11) is 0. The molecule has 0 saturated heterocycles. The number of amides is 1. The van der Waals surface area contributed by atoms with Gasteiger partial charge in [0.2, 0.25) is 0 Å². The number of carbonyl (C=O) groups is 1. The molecule has 4 rings (SSSR count). The van der Waals surface area contributed by atoms with Crippen LogP contribution in [0.2, 0.25) is 0 Å². The Morgan fingerprint density at radius 2 is 1.48 bits per heavy atom. The maximum atomic E-state index is 12.9. The zero-order valence-electron chi connectivity index (χ0n) is 14.1. The molecule has 0 bridgehead atoms. The fourth-order valence-corrected chi connectivity index (χ4v) is 4.06. The molecule has 27 heavy (non-hydrogen) atoms. The molecule has 0 radical (unpaired) electrons. The Labute approximate surface area is 168 Å². The molecule has 0 aromatic heterocycles. The third kappa shape index (κ3) is 3.56. The first-order valence-electron chi connectivity index (χ1n) is 8.15. The van der Waals surface area contributed by atoms with Crippen LogP contribution in [0.5, 0.6) is 0 Å². The number of nitrogens with one attached hydrogen (secondary N) is 1. The van der Waals surface area contributed by atoms with E-state index in [4.69, 9.17) is 10.6 Å². The van der Waals surface area contributed by atoms with E-state index in [9.17, 15) is 4.79 Å². The van der Waals surface area contributed by atoms with Gasteiger partial charge in [0.05, 0.1) is 16.9 Å². The minimum Gasteiger partial charge on any atom is -0.284 e. The lowest BCUT2D eigenvalue weighted by molar-refractivity contribution is -0.721. The average Bonchev–Trinajstić information content (AvgIpc) is 2.70. The van der Waals surface area contributed by atoms with Gasteiger partial charge in [-0.15, -0.1) is 0 Å². The summed E-state index contributed by atoms with van der Waals surface area (Å²) >= 11 is 5.00. The zero-order chi connectivity index (χ0) is 18.8. The number of hydrogen-bond donors (Lipinski definition) is 2. The second-order valence-electron chi connectivity index (χ2n) is 5.76. The van der Waals surface area contributed by atoms with E-state index < -0.39 is 6.09 Å². The predicted octanol–water partition coefficient (Wildman–Crippen LogP) is 3.59. The summed E-state index contributed by atoms with van der Waals surface area (Å²) in [4.78, 5) is 21.7. The van der Waals surface area contributed by atoms with Crippen molar-refractivity contribution in [1.29, 1.82) is 0 Å². The average molecular weight is 441 g/mol. The Kier molecular flexibility index (Phi) is 4.87. The number of rotatable bonds is 2. The monoisotopic (exact) mass is 440 g/mol. The van der Waals surface area contributed by atoms with Crippen molar-refractivity contribution in [2.75, 3.05) is 4.90 Å². The van der Waals surface area contributed by atoms with Crippen molar-refractivity contribution in [3.8, 4) is 0 Å². The van der Waals surface area contributed by atoms with Gasteiger partial charge >= 0.3 is 11.9 Å². The minimum atomic E-state index is -0.560. The molecule has 1 aliphatic heterocycles. The molecule has 0 atom stereocenters. The number of benzene rings is 3. The Morgan fingerprint density at radius 1 is 0.926 bits per heavy atom. The van der Waals surface area contributed by atoms with E-state index in [1.54, 1.807) is 16.7 Å². The van der Waals surface area contributed by atoms with Gasteiger partial charge in [0, 0.05) is 14.3 Å². The fourth-order valence-electron chi connectivity index (χ4n) is 2.73. The zero-order valence-corrected chi connectivity index (χ0v) is 16.5. The van der Waals surface area contributed by atoms with Gasteiger partial charge in [-0.1, -0.05) is 57.1 Å². The van der Waals surface area contributed by atoms with E-state index in [0.717, 1.165) is 31.2 Å². The molecular formula is C20H15BrN3O2S+. The van der Waals surface area contributed by atoms with Gasteiger partial charge in [0.1, 0.15) is 0 Å². The molecule has 0 saturated carbocycles. The fraction of sp³-hybridized carbons (Fsp3) is 0. The van der Waals surface area contributed by atoms with Crippen LogP contribution in [0.1, 0.15) is 5.56 Å². The Balaban J connectivity index is 1.64. The maximum Gasteiger partial charge on any atom is 0.463 e. The highest BCUT2D eigenvalue weighted by atomic mass is 79.9. The second kappa shape index (κ2) is 7.46. The normalized spacial score (nSPS) is 12.9. The quantitative estimate of drug-likeness (QED) is 0.276. The molecular weight excluding hydrogens is 426 g/mol. The van der Waals surface area contributed by atoms with E-state index in [0.29, 0.717) is 0 Å². The topological polar surface area (TPSA) is 69.5 Å². The summed E-state index contributed by atoms with van der Waals surface area (Å²) in [5.41, 5.74) is 8.27. The Morgan fingerprint density at radius 3 is 2.07 bits per heavy atom. The van der Waals surface area contributed by atoms with Gasteiger partial charge in [-0.2, -0.15) is 0 Å². The number of nitrogens with two attached hydrogens (primary N) is 1. The summed E-state index contributed by atoms with van der Waals surface area (Å²) in [5.74, 6) is 0.254. The molecule has 5 nitrogen and oxygen atoms in total. The van der Waals surface area contributed by atoms with Crippen LogP contribution in [0.25, 0.3) is 0 Å². The number of halogens is 1. The van der Waals surface area contributed by atoms with Gasteiger partial charge in [-0.05, 0) is 48.5 Å². The molecule has 1 aliphatic rings. The summed E-state index contributed by atoms with van der Waals surface area (Å²) in [6.45, 7) is 0. The number of nitrogens with zero attached hydrogens (tertiary/aromatic N) is 1. The van der Waals surface area contributed by atoms with Gasteiger partial charge < -0.3 is 0 Å². The highest BCUT2D eigenvalue weighted by molar-refractivity contribution is 9.10. The molecule has 3 N–H and O–H groups in total. The smallest absolute Gasteiger partial charge is 0.284 e. The van der Waals surface area contributed by atoms with E-state index in [1.165, 1.54) is 0 Å². The van der Waals surface area contributed by atoms with Crippen molar-refractivity contribution in [2.24, 2.45) is 5.73 Å². The minimum absolute atomic E-state index is 0.254. The van der Waals surface area contributed by atoms with Crippen LogP contribution in [0, 0.1) is 0 Å². The number of nitrogen functional groups attached to an aromatic ring is 1. The third-order valence-corrected chi connectivity index (χ3v) is 5.68. The van der Waals surface area contributed by atoms with Crippen LogP contribution < -0.4 is 15.8 Å². The molecule has 0 spiro atoms. The van der Waals surface area contributed by atoms with Crippen molar-refractivity contribution < 1.29 is 14.8 Å². The molecule has 7 heteroatoms. The highest BCUT2D eigenvalue weighted by Gasteiger charge is 2.30. The van der Waals surface area contributed by atoms with Crippen molar-refractivity contribution in [3.05, 3.63) is 82.8 Å². The van der Waals surface area contributed by atoms with Crippen LogP contribution in [0.4, 0.5) is 16.2 Å². The predicted molar refractivity (Wildman–Crippen MR) is 109 cm³/mol. The van der Waals surface area contributed by atoms with Crippen LogP contribution >= 0.6 is 27.7 Å². The number of hydrogen-bond acceptors (Lipinski definition) is 3. The number of carbonyl (C=O) groups excluding carboxylic acids is 1. The summed E-state index contributed by atoms with van der Waals surface area (Å²) in [5, 5.41) is 2.56. The molecule has 3 aromatic rings. The number of para-hydroxylation sites is 2. The van der Waals surface area contributed by atoms with Crippen LogP contribution in [-0.2, 0) is 4.84 Å². The van der Waals surface area contributed by atoms with E-state index in [2.05, 4.69) is 21.1 Å². The van der Waals surface area contributed by atoms with Gasteiger partial charge in [-0.25, -0.2) is 14.5 Å². The molecule has 0 unspecified atom stereocenters. The van der Waals surface area contributed by atoms with Gasteiger partial charge in [0.15, 0.2) is 0 Å². The first-order valence-corrected chi connectivity index (χ1v) is 9.75. The van der Waals surface area contributed by atoms with E-state index in [-0.39, 0.29) is 5.84 Å². The summed E-state index contributed by atoms with van der Waals surface area (Å²) in [6, 6.07) is 22.8. The lowest BCUT2D eigenvalue weighted by Crippen LogP contribution is -2.76. The SMILES string of the molecule is NC(=[NH+]OC(=O)N1c2ccccc2Sc2ccccc21)c1ccc(Br)cc1. The Bertz CT molecular complexity index is 992. The second-order valence-corrected chi connectivity index (χ2v) is 7.76. The molecule has 3 aromatic carbocycles. The maximum absolute atomic E-state index is 12.9. The van der Waals surface area contributed by atoms with Crippen molar-refractivity contribution in [2.45, 2.75) is 9.79 Å². The summed E-state index contributed by atoms with van der Waals surface area (Å²) in [6.07, 6.45) is -0.560. The van der Waals surface area contributed by atoms with Gasteiger partial charge in [-0.3, -0.25) is 5.73 Å². The highest BCUT2D eigenvalue weighted by Crippen LogP contribution is 2.47. The number of amidine groups is 1. The van der Waals surface area contributed by atoms with E-state index >= 15 is 0 Å². The molecule has 1 amide bonds. The first kappa shape index (κ1) is 17.6.